The van der Waals surface area contributed by atoms with E-state index < -0.39 is 11.5 Å². The predicted molar refractivity (Wildman–Crippen MR) is 90.8 cm³/mol. The van der Waals surface area contributed by atoms with Crippen LogP contribution in [0, 0.1) is 17.8 Å². The zero-order valence-corrected chi connectivity index (χ0v) is 14.0. The third-order valence-electron chi connectivity index (χ3n) is 4.75. The first-order valence-corrected chi connectivity index (χ1v) is 8.20. The number of primary amides is 1. The highest BCUT2D eigenvalue weighted by atomic mass is 19.1. The molecule has 0 aromatic carbocycles. The molecule has 3 N–H and O–H groups in total. The van der Waals surface area contributed by atoms with Crippen LogP contribution < -0.4 is 5.73 Å². The van der Waals surface area contributed by atoms with E-state index in [9.17, 15) is 14.3 Å². The Morgan fingerprint density at radius 3 is 2.96 bits per heavy atom. The Morgan fingerprint density at radius 2 is 2.28 bits per heavy atom. The Hall–Kier alpha value is -2.65. The molecule has 2 bridgehead atoms. The molecule has 1 aromatic rings. The maximum atomic E-state index is 14.7. The largest absolute Gasteiger partial charge is 0.378 e. The Balaban J connectivity index is 1.94. The van der Waals surface area contributed by atoms with Crippen LogP contribution >= 0.6 is 0 Å². The zero-order valence-electron chi connectivity index (χ0n) is 14.0. The van der Waals surface area contributed by atoms with E-state index in [4.69, 9.17) is 5.73 Å². The van der Waals surface area contributed by atoms with E-state index in [1.165, 1.54) is 0 Å². The molecule has 0 spiro atoms. The van der Waals surface area contributed by atoms with Gasteiger partial charge in [-0.05, 0) is 50.3 Å². The first-order valence-electron chi connectivity index (χ1n) is 8.20. The van der Waals surface area contributed by atoms with Gasteiger partial charge in [0, 0.05) is 17.3 Å². The number of carbonyl (C=O) groups is 1. The van der Waals surface area contributed by atoms with Crippen LogP contribution in [0.2, 0.25) is 0 Å². The number of fused-ring (bicyclic) bond motifs is 3. The van der Waals surface area contributed by atoms with Crippen molar-refractivity contribution in [2.45, 2.75) is 38.3 Å². The van der Waals surface area contributed by atoms with Gasteiger partial charge in [0.25, 0.3) is 5.91 Å². The highest BCUT2D eigenvalue weighted by Crippen LogP contribution is 2.51. The lowest BCUT2D eigenvalue weighted by atomic mass is 9.91. The minimum atomic E-state index is -1.20. The maximum absolute atomic E-state index is 14.7. The Kier molecular flexibility index (Phi) is 3.28. The molecule has 2 unspecified atom stereocenters. The van der Waals surface area contributed by atoms with Crippen LogP contribution in [0.15, 0.2) is 34.8 Å². The quantitative estimate of drug-likeness (QED) is 0.770. The Morgan fingerprint density at radius 1 is 1.52 bits per heavy atom. The molecule has 1 fully saturated rings. The molecule has 1 aliphatic heterocycles. The number of aromatic nitrogens is 2. The molecule has 3 aliphatic rings. The van der Waals surface area contributed by atoms with Crippen LogP contribution in [-0.2, 0) is 0 Å². The highest BCUT2D eigenvalue weighted by molar-refractivity contribution is 5.91. The smallest absolute Gasteiger partial charge is 0.268 e. The van der Waals surface area contributed by atoms with E-state index in [0.717, 1.165) is 18.4 Å². The van der Waals surface area contributed by atoms with E-state index in [2.05, 4.69) is 16.8 Å². The van der Waals surface area contributed by atoms with Crippen molar-refractivity contribution in [3.8, 4) is 11.8 Å². The highest BCUT2D eigenvalue weighted by Gasteiger charge is 2.40. The second kappa shape index (κ2) is 5.17. The topological polar surface area (TPSA) is 81.1 Å². The maximum Gasteiger partial charge on any atom is 0.268 e. The van der Waals surface area contributed by atoms with Crippen molar-refractivity contribution >= 4 is 12.0 Å². The number of amides is 1. The minimum absolute atomic E-state index is 0.0576. The van der Waals surface area contributed by atoms with Crippen molar-refractivity contribution < 1.29 is 14.3 Å². The molecule has 5 nitrogen and oxygen atoms in total. The standard InChI is InChI=1S/C19H18FN3O2/c1-19(2,25)4-3-11-8-16-22-14(18(21)24)9-23(16)15-7-10-5-12(15)17(11)13(20)6-10/h6,8-10,15,25H,5,7H2,1-2H3,(H2,21,24). The van der Waals surface area contributed by atoms with Gasteiger partial charge in [0.15, 0.2) is 0 Å². The van der Waals surface area contributed by atoms with E-state index in [1.54, 1.807) is 32.2 Å². The van der Waals surface area contributed by atoms with Gasteiger partial charge in [0.1, 0.15) is 22.9 Å². The summed E-state index contributed by atoms with van der Waals surface area (Å²) in [5.41, 5.74) is 6.28. The van der Waals surface area contributed by atoms with Crippen LogP contribution in [0.1, 0.15) is 49.0 Å². The van der Waals surface area contributed by atoms with Crippen molar-refractivity contribution in [2.75, 3.05) is 0 Å². The molecule has 4 rings (SSSR count). The number of hydrogen-bond donors (Lipinski definition) is 2. The summed E-state index contributed by atoms with van der Waals surface area (Å²) in [5, 5.41) is 9.91. The number of hydrogen-bond acceptors (Lipinski definition) is 3. The fourth-order valence-electron chi connectivity index (χ4n) is 3.76. The van der Waals surface area contributed by atoms with Crippen molar-refractivity contribution in [3.63, 3.8) is 0 Å². The van der Waals surface area contributed by atoms with E-state index in [0.29, 0.717) is 17.0 Å². The summed E-state index contributed by atoms with van der Waals surface area (Å²) < 4.78 is 16.6. The minimum Gasteiger partial charge on any atom is -0.378 e. The second-order valence-corrected chi connectivity index (χ2v) is 7.25. The van der Waals surface area contributed by atoms with Gasteiger partial charge in [-0.1, -0.05) is 11.8 Å². The number of imidazole rings is 1. The molecule has 0 saturated heterocycles. The summed E-state index contributed by atoms with van der Waals surface area (Å²) in [6.07, 6.45) is 6.47. The Labute approximate surface area is 144 Å². The van der Waals surface area contributed by atoms with Gasteiger partial charge in [-0.2, -0.15) is 0 Å². The van der Waals surface area contributed by atoms with E-state index >= 15 is 0 Å². The number of nitrogens with zero attached hydrogens (tertiary/aromatic N) is 2. The molecule has 2 heterocycles. The molecule has 2 atom stereocenters. The molecular formula is C19H18FN3O2. The predicted octanol–water partition coefficient (Wildman–Crippen LogP) is 2.27. The molecule has 1 aromatic heterocycles. The number of carbonyl (C=O) groups excluding carboxylic acids is 1. The molecule has 1 amide bonds. The van der Waals surface area contributed by atoms with Crippen molar-refractivity contribution in [2.24, 2.45) is 11.7 Å². The van der Waals surface area contributed by atoms with Crippen LogP contribution in [-0.4, -0.2) is 26.2 Å². The van der Waals surface area contributed by atoms with Crippen molar-refractivity contribution in [1.82, 2.24) is 9.55 Å². The van der Waals surface area contributed by atoms with E-state index in [1.807, 2.05) is 4.57 Å². The third kappa shape index (κ3) is 2.61. The Bertz CT molecular complexity index is 948. The molecular weight excluding hydrogens is 321 g/mol. The average molecular weight is 339 g/mol. The van der Waals surface area contributed by atoms with Gasteiger partial charge >= 0.3 is 0 Å². The summed E-state index contributed by atoms with van der Waals surface area (Å²) in [4.78, 5) is 15.8. The van der Waals surface area contributed by atoms with Gasteiger partial charge in [-0.15, -0.1) is 0 Å². The number of allylic oxidation sites excluding steroid dienone is 5. The van der Waals surface area contributed by atoms with Crippen LogP contribution in [0.5, 0.6) is 0 Å². The van der Waals surface area contributed by atoms with Gasteiger partial charge in [-0.3, -0.25) is 4.79 Å². The van der Waals surface area contributed by atoms with Gasteiger partial charge in [0.05, 0.1) is 6.04 Å². The summed E-state index contributed by atoms with van der Waals surface area (Å²) in [6.45, 7) is 3.14. The molecule has 25 heavy (non-hydrogen) atoms. The average Bonchev–Trinajstić information content (AvgIpc) is 3.03. The second-order valence-electron chi connectivity index (χ2n) is 7.25. The van der Waals surface area contributed by atoms with Crippen LogP contribution in [0.3, 0.4) is 0 Å². The lowest BCUT2D eigenvalue weighted by molar-refractivity contribution is 0.0995. The molecule has 0 radical (unpaired) electrons. The van der Waals surface area contributed by atoms with Crippen LogP contribution in [0.25, 0.3) is 6.08 Å². The van der Waals surface area contributed by atoms with Crippen molar-refractivity contribution in [3.05, 3.63) is 46.3 Å². The molecule has 128 valence electrons. The van der Waals surface area contributed by atoms with E-state index in [-0.39, 0.29) is 23.5 Å². The number of halogens is 1. The van der Waals surface area contributed by atoms with Gasteiger partial charge in [0.2, 0.25) is 0 Å². The lowest BCUT2D eigenvalue weighted by Crippen LogP contribution is -2.14. The number of aliphatic hydroxyl groups is 1. The van der Waals surface area contributed by atoms with Gasteiger partial charge < -0.3 is 15.4 Å². The number of rotatable bonds is 1. The summed E-state index contributed by atoms with van der Waals surface area (Å²) in [7, 11) is 0. The van der Waals surface area contributed by atoms with Gasteiger partial charge in [-0.25, -0.2) is 9.37 Å². The SMILES string of the molecule is CC(C)(O)C#CC1=Cc2nc(C(N)=O)cn2C2CC3C=C(F)C1=C2C3. The third-order valence-corrected chi connectivity index (χ3v) is 4.75. The fourth-order valence-corrected chi connectivity index (χ4v) is 3.76. The van der Waals surface area contributed by atoms with Crippen molar-refractivity contribution in [1.29, 1.82) is 0 Å². The first kappa shape index (κ1) is 15.9. The summed E-state index contributed by atoms with van der Waals surface area (Å²) in [6, 6.07) is -0.0576. The summed E-state index contributed by atoms with van der Waals surface area (Å²) in [5.74, 6) is 5.44. The molecule has 2 aliphatic carbocycles. The first-order chi connectivity index (χ1) is 11.7. The molecule has 1 saturated carbocycles. The lowest BCUT2D eigenvalue weighted by Gasteiger charge is -2.17. The number of nitrogens with two attached hydrogens (primary N) is 1. The fraction of sp³-hybridized carbons (Fsp3) is 0.368. The normalized spacial score (nSPS) is 24.0. The van der Waals surface area contributed by atoms with Crippen LogP contribution in [0.4, 0.5) is 4.39 Å². The monoisotopic (exact) mass is 339 g/mol. The zero-order chi connectivity index (χ0) is 17.9. The molecule has 6 heteroatoms. The summed E-state index contributed by atoms with van der Waals surface area (Å²) >= 11 is 0.